The van der Waals surface area contributed by atoms with Crippen molar-refractivity contribution in [2.24, 2.45) is 0 Å². The zero-order valence-electron chi connectivity index (χ0n) is 15.3. The standard InChI is InChI=1S/C21H23FN4/c1-4-15(3)23-21-25-19(16-8-6-5-7-9-16)13-20(26-21)24-18-11-10-17(22)12-14(18)2/h5-13,15H,4H2,1-3H3,(H2,23,24,25,26)/t15-/m0/s1. The Morgan fingerprint density at radius 2 is 1.81 bits per heavy atom. The quantitative estimate of drug-likeness (QED) is 0.612. The summed E-state index contributed by atoms with van der Waals surface area (Å²) < 4.78 is 13.4. The SMILES string of the molecule is CC[C@H](C)Nc1nc(Nc2ccc(F)cc2C)cc(-c2ccccc2)n1. The summed E-state index contributed by atoms with van der Waals surface area (Å²) in [6, 6.07) is 16.8. The topological polar surface area (TPSA) is 49.8 Å². The van der Waals surface area contributed by atoms with Gasteiger partial charge in [-0.15, -0.1) is 0 Å². The maximum atomic E-state index is 13.4. The minimum Gasteiger partial charge on any atom is -0.352 e. The molecule has 2 aromatic carbocycles. The van der Waals surface area contributed by atoms with Crippen molar-refractivity contribution in [2.45, 2.75) is 33.2 Å². The van der Waals surface area contributed by atoms with E-state index in [0.29, 0.717) is 11.8 Å². The summed E-state index contributed by atoms with van der Waals surface area (Å²) in [5, 5.41) is 6.61. The van der Waals surface area contributed by atoms with Gasteiger partial charge in [0.1, 0.15) is 11.6 Å². The maximum absolute atomic E-state index is 13.4. The number of benzene rings is 2. The third kappa shape index (κ3) is 4.36. The third-order valence-electron chi connectivity index (χ3n) is 4.23. The first-order valence-electron chi connectivity index (χ1n) is 8.79. The summed E-state index contributed by atoms with van der Waals surface area (Å²) in [4.78, 5) is 9.23. The Morgan fingerprint density at radius 1 is 1.04 bits per heavy atom. The van der Waals surface area contributed by atoms with Crippen LogP contribution in [0.15, 0.2) is 54.6 Å². The van der Waals surface area contributed by atoms with Crippen molar-refractivity contribution in [1.29, 1.82) is 0 Å². The number of hydrogen-bond acceptors (Lipinski definition) is 4. The van der Waals surface area contributed by atoms with E-state index in [2.05, 4.69) is 34.4 Å². The lowest BCUT2D eigenvalue weighted by Crippen LogP contribution is -2.16. The Kier molecular flexibility index (Phi) is 5.46. The average Bonchev–Trinajstić information content (AvgIpc) is 2.64. The van der Waals surface area contributed by atoms with E-state index in [4.69, 9.17) is 0 Å². The van der Waals surface area contributed by atoms with Crippen molar-refractivity contribution in [1.82, 2.24) is 9.97 Å². The molecule has 0 saturated carbocycles. The molecule has 5 heteroatoms. The van der Waals surface area contributed by atoms with Gasteiger partial charge in [-0.25, -0.2) is 9.37 Å². The Hall–Kier alpha value is -2.95. The molecule has 3 rings (SSSR count). The molecule has 4 nitrogen and oxygen atoms in total. The van der Waals surface area contributed by atoms with Crippen molar-refractivity contribution >= 4 is 17.5 Å². The predicted octanol–water partition coefficient (Wildman–Crippen LogP) is 5.55. The number of nitrogens with one attached hydrogen (secondary N) is 2. The van der Waals surface area contributed by atoms with Gasteiger partial charge in [0, 0.05) is 23.4 Å². The smallest absolute Gasteiger partial charge is 0.225 e. The third-order valence-corrected chi connectivity index (χ3v) is 4.23. The van der Waals surface area contributed by atoms with Crippen LogP contribution in [0.2, 0.25) is 0 Å². The van der Waals surface area contributed by atoms with Gasteiger partial charge in [0.2, 0.25) is 5.95 Å². The fourth-order valence-corrected chi connectivity index (χ4v) is 2.56. The highest BCUT2D eigenvalue weighted by Crippen LogP contribution is 2.25. The summed E-state index contributed by atoms with van der Waals surface area (Å²) >= 11 is 0. The normalized spacial score (nSPS) is 11.8. The fraction of sp³-hybridized carbons (Fsp3) is 0.238. The van der Waals surface area contributed by atoms with Gasteiger partial charge in [-0.3, -0.25) is 0 Å². The second kappa shape index (κ2) is 7.95. The Labute approximate surface area is 153 Å². The van der Waals surface area contributed by atoms with Gasteiger partial charge in [0.15, 0.2) is 0 Å². The van der Waals surface area contributed by atoms with Crippen LogP contribution >= 0.6 is 0 Å². The highest BCUT2D eigenvalue weighted by Gasteiger charge is 2.10. The summed E-state index contributed by atoms with van der Waals surface area (Å²) in [5.74, 6) is 0.988. The van der Waals surface area contributed by atoms with Crippen molar-refractivity contribution in [3.63, 3.8) is 0 Å². The number of aryl methyl sites for hydroxylation is 1. The van der Waals surface area contributed by atoms with Gasteiger partial charge in [-0.2, -0.15) is 4.98 Å². The van der Waals surface area contributed by atoms with Crippen LogP contribution in [0.25, 0.3) is 11.3 Å². The van der Waals surface area contributed by atoms with E-state index in [0.717, 1.165) is 28.9 Å². The average molecular weight is 350 g/mol. The zero-order valence-corrected chi connectivity index (χ0v) is 15.3. The molecule has 0 bridgehead atoms. The van der Waals surface area contributed by atoms with E-state index in [1.54, 1.807) is 6.07 Å². The monoisotopic (exact) mass is 350 g/mol. The second-order valence-electron chi connectivity index (χ2n) is 6.37. The van der Waals surface area contributed by atoms with Crippen LogP contribution in [0.1, 0.15) is 25.8 Å². The molecular formula is C21H23FN4. The molecule has 0 saturated heterocycles. The highest BCUT2D eigenvalue weighted by atomic mass is 19.1. The van der Waals surface area contributed by atoms with E-state index in [1.165, 1.54) is 12.1 Å². The number of aromatic nitrogens is 2. The Balaban J connectivity index is 1.98. The highest BCUT2D eigenvalue weighted by molar-refractivity contribution is 5.68. The van der Waals surface area contributed by atoms with Crippen LogP contribution in [0.5, 0.6) is 0 Å². The molecule has 0 aliphatic rings. The number of hydrogen-bond donors (Lipinski definition) is 2. The molecule has 0 fully saturated rings. The molecule has 0 amide bonds. The number of rotatable bonds is 6. The van der Waals surface area contributed by atoms with E-state index in [-0.39, 0.29) is 11.9 Å². The Bertz CT molecular complexity index is 880. The van der Waals surface area contributed by atoms with Crippen LogP contribution < -0.4 is 10.6 Å². The molecular weight excluding hydrogens is 327 g/mol. The summed E-state index contributed by atoms with van der Waals surface area (Å²) in [7, 11) is 0. The lowest BCUT2D eigenvalue weighted by molar-refractivity contribution is 0.627. The van der Waals surface area contributed by atoms with E-state index in [9.17, 15) is 4.39 Å². The second-order valence-corrected chi connectivity index (χ2v) is 6.37. The summed E-state index contributed by atoms with van der Waals surface area (Å²) in [6.45, 7) is 6.07. The fourth-order valence-electron chi connectivity index (χ4n) is 2.56. The minimum absolute atomic E-state index is 0.250. The molecule has 0 aliphatic carbocycles. The van der Waals surface area contributed by atoms with Crippen LogP contribution in [-0.4, -0.2) is 16.0 Å². The lowest BCUT2D eigenvalue weighted by Gasteiger charge is -2.15. The molecule has 3 aromatic rings. The maximum Gasteiger partial charge on any atom is 0.225 e. The summed E-state index contributed by atoms with van der Waals surface area (Å²) in [6.07, 6.45) is 0.971. The largest absolute Gasteiger partial charge is 0.352 e. The molecule has 0 spiro atoms. The minimum atomic E-state index is -0.250. The molecule has 0 aliphatic heterocycles. The van der Waals surface area contributed by atoms with Crippen LogP contribution in [0.4, 0.5) is 21.8 Å². The van der Waals surface area contributed by atoms with Crippen molar-refractivity contribution in [3.8, 4) is 11.3 Å². The molecule has 0 unspecified atom stereocenters. The first kappa shape index (κ1) is 17.9. The molecule has 1 atom stereocenters. The van der Waals surface area contributed by atoms with Crippen LogP contribution in [-0.2, 0) is 0 Å². The van der Waals surface area contributed by atoms with Gasteiger partial charge >= 0.3 is 0 Å². The van der Waals surface area contributed by atoms with Gasteiger partial charge in [-0.05, 0) is 44.0 Å². The molecule has 0 radical (unpaired) electrons. The van der Waals surface area contributed by atoms with Crippen molar-refractivity contribution in [2.75, 3.05) is 10.6 Å². The first-order valence-corrected chi connectivity index (χ1v) is 8.79. The molecule has 2 N–H and O–H groups in total. The van der Waals surface area contributed by atoms with E-state index in [1.807, 2.05) is 43.3 Å². The van der Waals surface area contributed by atoms with E-state index >= 15 is 0 Å². The van der Waals surface area contributed by atoms with Gasteiger partial charge in [0.25, 0.3) is 0 Å². The number of anilines is 3. The van der Waals surface area contributed by atoms with Gasteiger partial charge in [0.05, 0.1) is 5.69 Å². The molecule has 1 aromatic heterocycles. The predicted molar refractivity (Wildman–Crippen MR) is 105 cm³/mol. The lowest BCUT2D eigenvalue weighted by atomic mass is 10.1. The van der Waals surface area contributed by atoms with Crippen molar-refractivity contribution in [3.05, 3.63) is 66.0 Å². The Morgan fingerprint density at radius 3 is 2.50 bits per heavy atom. The van der Waals surface area contributed by atoms with Gasteiger partial charge < -0.3 is 10.6 Å². The number of halogens is 1. The van der Waals surface area contributed by atoms with Gasteiger partial charge in [-0.1, -0.05) is 37.3 Å². The van der Waals surface area contributed by atoms with Crippen molar-refractivity contribution < 1.29 is 4.39 Å². The summed E-state index contributed by atoms with van der Waals surface area (Å²) in [5.41, 5.74) is 3.48. The molecule has 1 heterocycles. The first-order chi connectivity index (χ1) is 12.5. The number of nitrogens with zero attached hydrogens (tertiary/aromatic N) is 2. The van der Waals surface area contributed by atoms with E-state index < -0.39 is 0 Å². The van der Waals surface area contributed by atoms with Crippen LogP contribution in [0.3, 0.4) is 0 Å². The molecule has 26 heavy (non-hydrogen) atoms. The van der Waals surface area contributed by atoms with Crippen LogP contribution in [0, 0.1) is 12.7 Å². The zero-order chi connectivity index (χ0) is 18.5. The molecule has 134 valence electrons.